The summed E-state index contributed by atoms with van der Waals surface area (Å²) in [7, 11) is 1.62. The van der Waals surface area contributed by atoms with Crippen LogP contribution >= 0.6 is 0 Å². The molecule has 6 heteroatoms. The molecule has 0 aliphatic carbocycles. The summed E-state index contributed by atoms with van der Waals surface area (Å²) in [5.74, 6) is 0.614. The Morgan fingerprint density at radius 3 is 3.21 bits per heavy atom. The van der Waals surface area contributed by atoms with E-state index in [0.717, 1.165) is 0 Å². The van der Waals surface area contributed by atoms with Gasteiger partial charge in [0.05, 0.1) is 6.54 Å². The largest absolute Gasteiger partial charge is 0.445 e. The topological polar surface area (TPSA) is 71.1 Å². The van der Waals surface area contributed by atoms with Gasteiger partial charge in [-0.1, -0.05) is 12.7 Å². The van der Waals surface area contributed by atoms with Crippen LogP contribution < -0.4 is 0 Å². The molecular weight excluding hydrogens is 184 g/mol. The zero-order valence-corrected chi connectivity index (χ0v) is 7.93. The van der Waals surface area contributed by atoms with Crippen molar-refractivity contribution in [1.82, 2.24) is 20.1 Å². The number of nitrogens with one attached hydrogen (secondary N) is 1. The maximum Gasteiger partial charge on any atom is 0.410 e. The number of hydrogen-bond acceptors (Lipinski definition) is 4. The lowest BCUT2D eigenvalue weighted by Crippen LogP contribution is -2.27. The van der Waals surface area contributed by atoms with Crippen LogP contribution in [0.1, 0.15) is 5.82 Å². The van der Waals surface area contributed by atoms with Crippen molar-refractivity contribution >= 4 is 6.09 Å². The van der Waals surface area contributed by atoms with Gasteiger partial charge >= 0.3 is 6.09 Å². The molecule has 6 nitrogen and oxygen atoms in total. The average Bonchev–Trinajstić information content (AvgIpc) is 2.66. The van der Waals surface area contributed by atoms with E-state index in [9.17, 15) is 4.79 Å². The van der Waals surface area contributed by atoms with Crippen molar-refractivity contribution < 1.29 is 9.53 Å². The Morgan fingerprint density at radius 2 is 2.64 bits per heavy atom. The lowest BCUT2D eigenvalue weighted by Gasteiger charge is -2.14. The maximum absolute atomic E-state index is 11.2. The zero-order valence-electron chi connectivity index (χ0n) is 7.93. The molecule has 0 saturated heterocycles. The normalized spacial score (nSPS) is 9.50. The predicted molar refractivity (Wildman–Crippen MR) is 49.4 cm³/mol. The zero-order chi connectivity index (χ0) is 10.4. The minimum absolute atomic E-state index is 0.208. The first-order chi connectivity index (χ1) is 6.74. The highest BCUT2D eigenvalue weighted by Gasteiger charge is 2.10. The average molecular weight is 196 g/mol. The third kappa shape index (κ3) is 2.89. The molecule has 14 heavy (non-hydrogen) atoms. The van der Waals surface area contributed by atoms with E-state index in [1.54, 1.807) is 7.05 Å². The third-order valence-electron chi connectivity index (χ3n) is 1.49. The number of rotatable bonds is 4. The molecule has 0 aliphatic rings. The van der Waals surface area contributed by atoms with Gasteiger partial charge in [0.2, 0.25) is 0 Å². The molecule has 0 atom stereocenters. The summed E-state index contributed by atoms with van der Waals surface area (Å²) in [5.41, 5.74) is 0. The van der Waals surface area contributed by atoms with E-state index in [0.29, 0.717) is 12.4 Å². The van der Waals surface area contributed by atoms with Gasteiger partial charge in [0, 0.05) is 7.05 Å². The van der Waals surface area contributed by atoms with Gasteiger partial charge in [0.25, 0.3) is 0 Å². The predicted octanol–water partition coefficient (Wildman–Crippen LogP) is 0.559. The number of nitrogens with zero attached hydrogens (tertiary/aromatic N) is 3. The number of amides is 1. The molecule has 0 radical (unpaired) electrons. The standard InChI is InChI=1S/C8H12N4O2/c1-3-4-14-8(13)12(2)5-7-9-6-10-11-7/h3,6H,1,4-5H2,2H3,(H,9,10,11). The molecule has 0 unspecified atom stereocenters. The molecular formula is C8H12N4O2. The van der Waals surface area contributed by atoms with E-state index in [2.05, 4.69) is 21.8 Å². The first-order valence-electron chi connectivity index (χ1n) is 4.07. The molecule has 1 aromatic rings. The fourth-order valence-corrected chi connectivity index (χ4v) is 0.837. The Kier molecular flexibility index (Phi) is 3.66. The molecule has 0 aliphatic heterocycles. The quantitative estimate of drug-likeness (QED) is 0.714. The fraction of sp³-hybridized carbons (Fsp3) is 0.375. The van der Waals surface area contributed by atoms with Gasteiger partial charge in [-0.2, -0.15) is 5.10 Å². The first kappa shape index (κ1) is 10.2. The van der Waals surface area contributed by atoms with Crippen molar-refractivity contribution in [3.8, 4) is 0 Å². The second kappa shape index (κ2) is 5.00. The Bertz CT molecular complexity index is 296. The molecule has 1 amide bonds. The molecule has 0 saturated carbocycles. The highest BCUT2D eigenvalue weighted by molar-refractivity contribution is 5.67. The van der Waals surface area contributed by atoms with Crippen molar-refractivity contribution in [3.05, 3.63) is 24.8 Å². The summed E-state index contributed by atoms with van der Waals surface area (Å²) >= 11 is 0. The maximum atomic E-state index is 11.2. The van der Waals surface area contributed by atoms with Crippen LogP contribution in [0.3, 0.4) is 0 Å². The summed E-state index contributed by atoms with van der Waals surface area (Å²) in [6.45, 7) is 3.99. The molecule has 0 spiro atoms. The van der Waals surface area contributed by atoms with Gasteiger partial charge in [-0.15, -0.1) is 0 Å². The van der Waals surface area contributed by atoms with E-state index < -0.39 is 6.09 Å². The Balaban J connectivity index is 2.37. The van der Waals surface area contributed by atoms with Gasteiger partial charge in [-0.3, -0.25) is 5.10 Å². The van der Waals surface area contributed by atoms with Gasteiger partial charge in [0.1, 0.15) is 18.8 Å². The van der Waals surface area contributed by atoms with Crippen LogP contribution in [0.15, 0.2) is 19.0 Å². The van der Waals surface area contributed by atoms with Crippen molar-refractivity contribution in [1.29, 1.82) is 0 Å². The van der Waals surface area contributed by atoms with E-state index in [1.807, 2.05) is 0 Å². The minimum atomic E-state index is -0.415. The second-order valence-corrected chi connectivity index (χ2v) is 2.65. The van der Waals surface area contributed by atoms with E-state index in [1.165, 1.54) is 17.3 Å². The highest BCUT2D eigenvalue weighted by atomic mass is 16.6. The Labute approximate surface area is 81.6 Å². The number of H-pyrrole nitrogens is 1. The molecule has 0 bridgehead atoms. The lowest BCUT2D eigenvalue weighted by molar-refractivity contribution is 0.118. The molecule has 1 N–H and O–H groups in total. The van der Waals surface area contributed by atoms with Gasteiger partial charge in [0.15, 0.2) is 0 Å². The number of carbonyl (C=O) groups is 1. The monoisotopic (exact) mass is 196 g/mol. The lowest BCUT2D eigenvalue weighted by atomic mass is 10.5. The third-order valence-corrected chi connectivity index (χ3v) is 1.49. The number of ether oxygens (including phenoxy) is 1. The van der Waals surface area contributed by atoms with Gasteiger partial charge < -0.3 is 9.64 Å². The van der Waals surface area contributed by atoms with Crippen molar-refractivity contribution in [2.24, 2.45) is 0 Å². The number of carbonyl (C=O) groups excluding carboxylic acids is 1. The summed E-state index contributed by atoms with van der Waals surface area (Å²) < 4.78 is 4.81. The van der Waals surface area contributed by atoms with E-state index >= 15 is 0 Å². The van der Waals surface area contributed by atoms with Crippen molar-refractivity contribution in [2.45, 2.75) is 6.54 Å². The number of aromatic amines is 1. The van der Waals surface area contributed by atoms with Gasteiger partial charge in [-0.05, 0) is 0 Å². The van der Waals surface area contributed by atoms with Crippen LogP contribution in [-0.4, -0.2) is 39.8 Å². The summed E-state index contributed by atoms with van der Waals surface area (Å²) in [6, 6.07) is 0. The second-order valence-electron chi connectivity index (χ2n) is 2.65. The van der Waals surface area contributed by atoms with Crippen LogP contribution in [0.2, 0.25) is 0 Å². The van der Waals surface area contributed by atoms with Crippen LogP contribution in [0.5, 0.6) is 0 Å². The highest BCUT2D eigenvalue weighted by Crippen LogP contribution is 1.96. The van der Waals surface area contributed by atoms with Crippen LogP contribution in [0.4, 0.5) is 4.79 Å². The number of aromatic nitrogens is 3. The van der Waals surface area contributed by atoms with Crippen LogP contribution in [0.25, 0.3) is 0 Å². The fourth-order valence-electron chi connectivity index (χ4n) is 0.837. The molecule has 76 valence electrons. The van der Waals surface area contributed by atoms with Crippen molar-refractivity contribution in [2.75, 3.05) is 13.7 Å². The molecule has 1 aromatic heterocycles. The molecule has 1 rings (SSSR count). The molecule has 0 aromatic carbocycles. The molecule has 1 heterocycles. The van der Waals surface area contributed by atoms with E-state index in [-0.39, 0.29) is 6.61 Å². The first-order valence-corrected chi connectivity index (χ1v) is 4.07. The number of hydrogen-bond donors (Lipinski definition) is 1. The summed E-state index contributed by atoms with van der Waals surface area (Å²) in [4.78, 5) is 16.5. The Hall–Kier alpha value is -1.85. The van der Waals surface area contributed by atoms with Crippen molar-refractivity contribution in [3.63, 3.8) is 0 Å². The minimum Gasteiger partial charge on any atom is -0.445 e. The smallest absolute Gasteiger partial charge is 0.410 e. The SMILES string of the molecule is C=CCOC(=O)N(C)Cc1ncn[nH]1. The summed E-state index contributed by atoms with van der Waals surface area (Å²) in [6.07, 6.45) is 2.49. The summed E-state index contributed by atoms with van der Waals surface area (Å²) in [5, 5.41) is 6.31. The van der Waals surface area contributed by atoms with E-state index in [4.69, 9.17) is 4.74 Å². The molecule has 0 fully saturated rings. The van der Waals surface area contributed by atoms with Gasteiger partial charge in [-0.25, -0.2) is 9.78 Å². The van der Waals surface area contributed by atoms with Crippen LogP contribution in [-0.2, 0) is 11.3 Å². The van der Waals surface area contributed by atoms with Crippen LogP contribution in [0, 0.1) is 0 Å². The Morgan fingerprint density at radius 1 is 1.86 bits per heavy atom.